The largest absolute Gasteiger partial charge is 0.311 e. The van der Waals surface area contributed by atoms with Gasteiger partial charge in [0.05, 0.1) is 0 Å². The fourth-order valence-electron chi connectivity index (χ4n) is 2.69. The summed E-state index contributed by atoms with van der Waals surface area (Å²) in [5.74, 6) is 0.846. The summed E-state index contributed by atoms with van der Waals surface area (Å²) in [6.07, 6.45) is 5.69. The van der Waals surface area contributed by atoms with Gasteiger partial charge in [0.25, 0.3) is 0 Å². The van der Waals surface area contributed by atoms with E-state index < -0.39 is 0 Å². The van der Waals surface area contributed by atoms with Crippen LogP contribution in [0.25, 0.3) is 0 Å². The topological polar surface area (TPSA) is 12.0 Å². The second-order valence-electron chi connectivity index (χ2n) is 5.35. The van der Waals surface area contributed by atoms with E-state index in [2.05, 4.69) is 26.1 Å². The molecule has 0 spiro atoms. The van der Waals surface area contributed by atoms with Gasteiger partial charge in [0, 0.05) is 12.1 Å². The number of nitrogens with one attached hydrogen (secondary N) is 1. The van der Waals surface area contributed by atoms with E-state index in [1.165, 1.54) is 25.7 Å². The fourth-order valence-corrected chi connectivity index (χ4v) is 2.69. The highest BCUT2D eigenvalue weighted by Crippen LogP contribution is 2.44. The minimum absolute atomic E-state index is 0.614. The standard InChI is InChI=1S/C11H21N/c1-8(2)11(3)5-4-9-6-10(7-11)12-9/h8-10,12H,4-7H2,1-3H3. The summed E-state index contributed by atoms with van der Waals surface area (Å²) < 4.78 is 0. The Morgan fingerprint density at radius 2 is 2.00 bits per heavy atom. The van der Waals surface area contributed by atoms with Crippen molar-refractivity contribution in [2.24, 2.45) is 11.3 Å². The van der Waals surface area contributed by atoms with Crippen molar-refractivity contribution in [1.29, 1.82) is 0 Å². The molecule has 0 aromatic carbocycles. The summed E-state index contributed by atoms with van der Waals surface area (Å²) in [7, 11) is 0. The zero-order valence-corrected chi connectivity index (χ0v) is 8.56. The van der Waals surface area contributed by atoms with Gasteiger partial charge in [-0.2, -0.15) is 0 Å². The number of rotatable bonds is 1. The third-order valence-electron chi connectivity index (χ3n) is 4.21. The molecule has 1 nitrogen and oxygen atoms in total. The normalized spacial score (nSPS) is 47.0. The van der Waals surface area contributed by atoms with Gasteiger partial charge >= 0.3 is 0 Å². The van der Waals surface area contributed by atoms with Gasteiger partial charge in [-0.1, -0.05) is 20.8 Å². The maximum Gasteiger partial charge on any atom is 0.00897 e. The molecule has 3 rings (SSSR count). The predicted molar refractivity (Wildman–Crippen MR) is 52.1 cm³/mol. The maximum atomic E-state index is 3.65. The van der Waals surface area contributed by atoms with Gasteiger partial charge < -0.3 is 5.32 Å². The summed E-state index contributed by atoms with van der Waals surface area (Å²) in [6, 6.07) is 1.72. The average molecular weight is 167 g/mol. The van der Waals surface area contributed by atoms with Crippen LogP contribution in [0.4, 0.5) is 0 Å². The molecule has 70 valence electrons. The predicted octanol–water partition coefficient (Wildman–Crippen LogP) is 2.56. The van der Waals surface area contributed by atoms with E-state index in [0.29, 0.717) is 5.41 Å². The van der Waals surface area contributed by atoms with Crippen molar-refractivity contribution in [3.05, 3.63) is 0 Å². The summed E-state index contributed by atoms with van der Waals surface area (Å²) in [4.78, 5) is 0. The molecule has 0 aromatic heterocycles. The van der Waals surface area contributed by atoms with E-state index in [1.54, 1.807) is 0 Å². The van der Waals surface area contributed by atoms with Crippen LogP contribution in [0, 0.1) is 11.3 Å². The molecule has 2 saturated heterocycles. The average Bonchev–Trinajstić information content (AvgIpc) is 2.15. The molecule has 12 heavy (non-hydrogen) atoms. The van der Waals surface area contributed by atoms with E-state index in [1.807, 2.05) is 0 Å². The molecule has 0 amide bonds. The van der Waals surface area contributed by atoms with E-state index in [9.17, 15) is 0 Å². The molecule has 1 heteroatoms. The first kappa shape index (κ1) is 8.55. The van der Waals surface area contributed by atoms with E-state index in [-0.39, 0.29) is 0 Å². The molecule has 1 saturated carbocycles. The molecule has 2 bridgehead atoms. The molecule has 3 aliphatic rings. The van der Waals surface area contributed by atoms with Crippen molar-refractivity contribution >= 4 is 0 Å². The van der Waals surface area contributed by atoms with Crippen LogP contribution in [0.1, 0.15) is 46.5 Å². The summed E-state index contributed by atoms with van der Waals surface area (Å²) >= 11 is 0. The highest BCUT2D eigenvalue weighted by Gasteiger charge is 2.41. The molecule has 3 fully saturated rings. The Kier molecular flexibility index (Phi) is 1.95. The Labute approximate surface area is 75.9 Å². The molecule has 2 heterocycles. The Morgan fingerprint density at radius 3 is 2.58 bits per heavy atom. The first-order valence-electron chi connectivity index (χ1n) is 5.36. The van der Waals surface area contributed by atoms with E-state index >= 15 is 0 Å². The van der Waals surface area contributed by atoms with Crippen LogP contribution < -0.4 is 5.32 Å². The van der Waals surface area contributed by atoms with Crippen molar-refractivity contribution in [2.75, 3.05) is 0 Å². The molecule has 2 aliphatic heterocycles. The quantitative estimate of drug-likeness (QED) is 0.633. The van der Waals surface area contributed by atoms with Crippen LogP contribution in [-0.2, 0) is 0 Å². The SMILES string of the molecule is CC(C)C1(C)CCC2CC(C1)N2. The lowest BCUT2D eigenvalue weighted by Gasteiger charge is -2.38. The van der Waals surface area contributed by atoms with E-state index in [0.717, 1.165) is 18.0 Å². The van der Waals surface area contributed by atoms with Crippen LogP contribution in [0.2, 0.25) is 0 Å². The molecular weight excluding hydrogens is 146 g/mol. The van der Waals surface area contributed by atoms with Gasteiger partial charge in [-0.05, 0) is 37.0 Å². The Balaban J connectivity index is 2.06. The minimum Gasteiger partial charge on any atom is -0.311 e. The third-order valence-corrected chi connectivity index (χ3v) is 4.21. The highest BCUT2D eigenvalue weighted by molar-refractivity contribution is 4.98. The maximum absolute atomic E-state index is 3.65. The van der Waals surface area contributed by atoms with Crippen molar-refractivity contribution in [1.82, 2.24) is 5.32 Å². The second kappa shape index (κ2) is 2.73. The molecular formula is C11H21N. The lowest BCUT2D eigenvalue weighted by Crippen LogP contribution is -2.51. The second-order valence-corrected chi connectivity index (χ2v) is 5.35. The zero-order valence-electron chi connectivity index (χ0n) is 8.56. The fraction of sp³-hybridized carbons (Fsp3) is 1.00. The number of fused-ring (bicyclic) bond motifs is 3. The first-order valence-corrected chi connectivity index (χ1v) is 5.36. The van der Waals surface area contributed by atoms with E-state index in [4.69, 9.17) is 0 Å². The number of hydrogen-bond acceptors (Lipinski definition) is 1. The molecule has 1 aliphatic carbocycles. The van der Waals surface area contributed by atoms with Gasteiger partial charge in [0.2, 0.25) is 0 Å². The van der Waals surface area contributed by atoms with Crippen LogP contribution in [0.3, 0.4) is 0 Å². The molecule has 0 radical (unpaired) electrons. The molecule has 1 N–H and O–H groups in total. The minimum atomic E-state index is 0.614. The van der Waals surface area contributed by atoms with Crippen molar-refractivity contribution in [3.8, 4) is 0 Å². The summed E-state index contributed by atoms with van der Waals surface area (Å²) in [5.41, 5.74) is 0.614. The Morgan fingerprint density at radius 1 is 1.33 bits per heavy atom. The van der Waals surface area contributed by atoms with Crippen molar-refractivity contribution in [2.45, 2.75) is 58.5 Å². The van der Waals surface area contributed by atoms with Gasteiger partial charge in [-0.15, -0.1) is 0 Å². The summed E-state index contributed by atoms with van der Waals surface area (Å²) in [5, 5.41) is 3.65. The Bertz CT molecular complexity index is 170. The smallest absolute Gasteiger partial charge is 0.00897 e. The van der Waals surface area contributed by atoms with Crippen molar-refractivity contribution < 1.29 is 0 Å². The first-order chi connectivity index (χ1) is 5.60. The van der Waals surface area contributed by atoms with Gasteiger partial charge in [0.1, 0.15) is 0 Å². The van der Waals surface area contributed by atoms with Crippen LogP contribution in [0.15, 0.2) is 0 Å². The van der Waals surface area contributed by atoms with Gasteiger partial charge in [0.15, 0.2) is 0 Å². The van der Waals surface area contributed by atoms with Crippen LogP contribution in [-0.4, -0.2) is 12.1 Å². The van der Waals surface area contributed by atoms with Crippen LogP contribution in [0.5, 0.6) is 0 Å². The lowest BCUT2D eigenvalue weighted by atomic mass is 9.73. The molecule has 3 atom stereocenters. The summed E-state index contributed by atoms with van der Waals surface area (Å²) in [6.45, 7) is 7.23. The zero-order chi connectivity index (χ0) is 8.77. The Hall–Kier alpha value is -0.0400. The lowest BCUT2D eigenvalue weighted by molar-refractivity contribution is 0.168. The van der Waals surface area contributed by atoms with Crippen molar-refractivity contribution in [3.63, 3.8) is 0 Å². The van der Waals surface area contributed by atoms with Gasteiger partial charge in [-0.3, -0.25) is 0 Å². The van der Waals surface area contributed by atoms with Gasteiger partial charge in [-0.25, -0.2) is 0 Å². The monoisotopic (exact) mass is 167 g/mol. The highest BCUT2D eigenvalue weighted by atomic mass is 15.0. The molecule has 3 unspecified atom stereocenters. The number of hydrogen-bond donors (Lipinski definition) is 1. The molecule has 0 aromatic rings. The van der Waals surface area contributed by atoms with Crippen LogP contribution >= 0.6 is 0 Å². The third kappa shape index (κ3) is 1.28.